The molecule has 0 atom stereocenters. The van der Waals surface area contributed by atoms with Gasteiger partial charge >= 0.3 is 5.97 Å². The molecule has 3 N–H and O–H groups in total. The second kappa shape index (κ2) is 8.17. The summed E-state index contributed by atoms with van der Waals surface area (Å²) in [5.74, 6) is -1.11. The first-order valence-electron chi connectivity index (χ1n) is 7.92. The van der Waals surface area contributed by atoms with Crippen LogP contribution in [0.3, 0.4) is 0 Å². The first kappa shape index (κ1) is 21.0. The van der Waals surface area contributed by atoms with Crippen molar-refractivity contribution >= 4 is 27.6 Å². The summed E-state index contributed by atoms with van der Waals surface area (Å²) >= 11 is 0. The van der Waals surface area contributed by atoms with Gasteiger partial charge in [-0.3, -0.25) is 9.52 Å². The van der Waals surface area contributed by atoms with Crippen molar-refractivity contribution in [3.63, 3.8) is 0 Å². The molecule has 2 aromatic carbocycles. The molecule has 150 valence electrons. The highest BCUT2D eigenvalue weighted by Gasteiger charge is 2.23. The summed E-state index contributed by atoms with van der Waals surface area (Å²) in [6, 6.07) is 6.55. The van der Waals surface area contributed by atoms with Crippen LogP contribution in [-0.4, -0.2) is 41.6 Å². The molecule has 1 amide bonds. The van der Waals surface area contributed by atoms with Gasteiger partial charge in [-0.05, 0) is 24.6 Å². The van der Waals surface area contributed by atoms with Gasteiger partial charge in [0.1, 0.15) is 0 Å². The van der Waals surface area contributed by atoms with Gasteiger partial charge in [0.15, 0.2) is 11.5 Å². The van der Waals surface area contributed by atoms with Crippen molar-refractivity contribution < 1.29 is 32.2 Å². The van der Waals surface area contributed by atoms with E-state index in [9.17, 15) is 18.0 Å². The highest BCUT2D eigenvalue weighted by atomic mass is 32.2. The number of rotatable bonds is 7. The monoisotopic (exact) mass is 408 g/mol. The minimum absolute atomic E-state index is 0.0726. The third-order valence-corrected chi connectivity index (χ3v) is 5.32. The Morgan fingerprint density at radius 1 is 0.964 bits per heavy atom. The van der Waals surface area contributed by atoms with E-state index in [1.54, 1.807) is 6.92 Å². The van der Waals surface area contributed by atoms with Crippen molar-refractivity contribution in [1.82, 2.24) is 0 Å². The van der Waals surface area contributed by atoms with E-state index in [2.05, 4.69) is 4.72 Å². The van der Waals surface area contributed by atoms with E-state index < -0.39 is 21.9 Å². The third kappa shape index (κ3) is 4.17. The van der Waals surface area contributed by atoms with E-state index in [1.165, 1.54) is 44.6 Å². The molecular formula is C18H20N2O7S. The molecule has 0 aromatic heterocycles. The van der Waals surface area contributed by atoms with Crippen molar-refractivity contribution in [1.29, 1.82) is 0 Å². The predicted molar refractivity (Wildman–Crippen MR) is 101 cm³/mol. The Kier molecular flexibility index (Phi) is 6.14. The quantitative estimate of drug-likeness (QED) is 0.666. The average Bonchev–Trinajstić information content (AvgIpc) is 2.66. The number of sulfonamides is 1. The second-order valence-electron chi connectivity index (χ2n) is 5.69. The summed E-state index contributed by atoms with van der Waals surface area (Å²) in [5, 5.41) is 0. The number of nitrogens with two attached hydrogens (primary N) is 1. The van der Waals surface area contributed by atoms with Crippen LogP contribution in [0.15, 0.2) is 35.2 Å². The number of nitrogens with one attached hydrogen (secondary N) is 1. The van der Waals surface area contributed by atoms with E-state index in [0.29, 0.717) is 5.56 Å². The number of hydrogen-bond donors (Lipinski definition) is 2. The molecule has 28 heavy (non-hydrogen) atoms. The Bertz CT molecular complexity index is 1030. The van der Waals surface area contributed by atoms with Crippen molar-refractivity contribution in [3.8, 4) is 11.5 Å². The zero-order valence-electron chi connectivity index (χ0n) is 15.7. The zero-order chi connectivity index (χ0) is 21.1. The van der Waals surface area contributed by atoms with Crippen LogP contribution < -0.4 is 19.9 Å². The average molecular weight is 408 g/mol. The Balaban J connectivity index is 2.58. The summed E-state index contributed by atoms with van der Waals surface area (Å²) < 4.78 is 42.9. The molecule has 0 spiro atoms. The van der Waals surface area contributed by atoms with Gasteiger partial charge in [-0.25, -0.2) is 13.2 Å². The standard InChI is InChI=1S/C18H20N2O7S/c1-10-5-6-11(7-12(10)17(19)21)28(23,24)20-14-9-16(26-3)15(25-2)8-13(14)18(22)27-4/h5-9,20H,1-4H3,(H2,19,21). The molecule has 0 saturated heterocycles. The number of aryl methyl sites for hydroxylation is 1. The summed E-state index contributed by atoms with van der Waals surface area (Å²) in [6.07, 6.45) is 0. The van der Waals surface area contributed by atoms with Crippen LogP contribution in [0, 0.1) is 6.92 Å². The maximum Gasteiger partial charge on any atom is 0.340 e. The molecule has 0 aliphatic carbocycles. The van der Waals surface area contributed by atoms with Crippen LogP contribution in [0.4, 0.5) is 5.69 Å². The number of hydrogen-bond acceptors (Lipinski definition) is 7. The molecule has 0 aliphatic heterocycles. The Morgan fingerprint density at radius 3 is 2.11 bits per heavy atom. The molecule has 2 aromatic rings. The van der Waals surface area contributed by atoms with Crippen LogP contribution in [0.5, 0.6) is 11.5 Å². The Labute approximate surface area is 162 Å². The fourth-order valence-electron chi connectivity index (χ4n) is 2.48. The number of carbonyl (C=O) groups excluding carboxylic acids is 2. The number of methoxy groups -OCH3 is 3. The molecule has 9 nitrogen and oxygen atoms in total. The summed E-state index contributed by atoms with van der Waals surface area (Å²) in [4.78, 5) is 23.4. The summed E-state index contributed by atoms with van der Waals surface area (Å²) in [5.41, 5.74) is 5.74. The van der Waals surface area contributed by atoms with Crippen LogP contribution >= 0.6 is 0 Å². The highest BCUT2D eigenvalue weighted by Crippen LogP contribution is 2.35. The van der Waals surface area contributed by atoms with Gasteiger partial charge in [0, 0.05) is 17.7 Å². The molecule has 0 unspecified atom stereocenters. The Morgan fingerprint density at radius 2 is 1.57 bits per heavy atom. The van der Waals surface area contributed by atoms with Crippen LogP contribution in [0.25, 0.3) is 0 Å². The first-order valence-corrected chi connectivity index (χ1v) is 9.40. The van der Waals surface area contributed by atoms with Gasteiger partial charge in [-0.2, -0.15) is 0 Å². The Hall–Kier alpha value is -3.27. The van der Waals surface area contributed by atoms with Gasteiger partial charge in [0.25, 0.3) is 10.0 Å². The van der Waals surface area contributed by atoms with Crippen molar-refractivity contribution in [2.75, 3.05) is 26.1 Å². The zero-order valence-corrected chi connectivity index (χ0v) is 16.5. The third-order valence-electron chi connectivity index (χ3n) is 3.96. The highest BCUT2D eigenvalue weighted by molar-refractivity contribution is 7.92. The second-order valence-corrected chi connectivity index (χ2v) is 7.37. The fraction of sp³-hybridized carbons (Fsp3) is 0.222. The molecule has 0 saturated carbocycles. The molecule has 0 bridgehead atoms. The molecule has 0 fully saturated rings. The van der Waals surface area contributed by atoms with E-state index in [0.717, 1.165) is 7.11 Å². The molecule has 0 aliphatic rings. The predicted octanol–water partition coefficient (Wildman–Crippen LogP) is 1.70. The molecular weight excluding hydrogens is 388 g/mol. The van der Waals surface area contributed by atoms with Crippen LogP contribution in [0.1, 0.15) is 26.3 Å². The van der Waals surface area contributed by atoms with E-state index >= 15 is 0 Å². The number of benzene rings is 2. The number of amides is 1. The van der Waals surface area contributed by atoms with Gasteiger partial charge < -0.3 is 19.9 Å². The minimum Gasteiger partial charge on any atom is -0.493 e. The number of carbonyl (C=O) groups is 2. The van der Waals surface area contributed by atoms with Crippen LogP contribution in [-0.2, 0) is 14.8 Å². The van der Waals surface area contributed by atoms with E-state index in [4.69, 9.17) is 19.9 Å². The normalized spacial score (nSPS) is 10.9. The lowest BCUT2D eigenvalue weighted by Crippen LogP contribution is -2.18. The fourth-order valence-corrected chi connectivity index (χ4v) is 3.58. The van der Waals surface area contributed by atoms with Crippen LogP contribution in [0.2, 0.25) is 0 Å². The number of esters is 1. The summed E-state index contributed by atoms with van der Waals surface area (Å²) in [6.45, 7) is 1.63. The van der Waals surface area contributed by atoms with Gasteiger partial charge in [0.05, 0.1) is 37.5 Å². The molecule has 10 heteroatoms. The van der Waals surface area contributed by atoms with E-state index in [-0.39, 0.29) is 33.2 Å². The first-order chi connectivity index (χ1) is 13.1. The van der Waals surface area contributed by atoms with Gasteiger partial charge in [-0.1, -0.05) is 6.07 Å². The maximum atomic E-state index is 12.8. The minimum atomic E-state index is -4.16. The lowest BCUT2D eigenvalue weighted by molar-refractivity contribution is 0.0601. The smallest absolute Gasteiger partial charge is 0.340 e. The maximum absolute atomic E-state index is 12.8. The SMILES string of the molecule is COC(=O)c1cc(OC)c(OC)cc1NS(=O)(=O)c1ccc(C)c(C(N)=O)c1. The van der Waals surface area contributed by atoms with Gasteiger partial charge in [-0.15, -0.1) is 0 Å². The molecule has 0 radical (unpaired) electrons. The van der Waals surface area contributed by atoms with Crippen molar-refractivity contribution in [2.45, 2.75) is 11.8 Å². The number of ether oxygens (including phenoxy) is 3. The van der Waals surface area contributed by atoms with Crippen molar-refractivity contribution in [2.24, 2.45) is 5.73 Å². The molecule has 2 rings (SSSR count). The van der Waals surface area contributed by atoms with Gasteiger partial charge in [0.2, 0.25) is 5.91 Å². The van der Waals surface area contributed by atoms with Crippen molar-refractivity contribution in [3.05, 3.63) is 47.0 Å². The largest absolute Gasteiger partial charge is 0.493 e. The number of anilines is 1. The molecule has 0 heterocycles. The summed E-state index contributed by atoms with van der Waals surface area (Å²) in [7, 11) is -0.250. The number of primary amides is 1. The lowest BCUT2D eigenvalue weighted by atomic mass is 10.1. The lowest BCUT2D eigenvalue weighted by Gasteiger charge is -2.16. The van der Waals surface area contributed by atoms with E-state index in [1.807, 2.05) is 0 Å². The topological polar surface area (TPSA) is 134 Å².